The van der Waals surface area contributed by atoms with Crippen LogP contribution in [0.1, 0.15) is 19.3 Å². The minimum absolute atomic E-state index is 0.542. The molecule has 2 aromatic rings. The second-order valence-corrected chi connectivity index (χ2v) is 5.73. The van der Waals surface area contributed by atoms with Crippen LogP contribution in [-0.2, 0) is 0 Å². The summed E-state index contributed by atoms with van der Waals surface area (Å²) in [7, 11) is 0. The zero-order valence-electron chi connectivity index (χ0n) is 11.4. The van der Waals surface area contributed by atoms with E-state index in [0.717, 1.165) is 25.9 Å². The molecule has 7 heteroatoms. The molecule has 0 aliphatic carbocycles. The number of para-hydroxylation sites is 1. The maximum atomic E-state index is 6.15. The largest absolute Gasteiger partial charge is 0.339 e. The van der Waals surface area contributed by atoms with E-state index < -0.39 is 0 Å². The van der Waals surface area contributed by atoms with Crippen molar-refractivity contribution in [1.29, 1.82) is 0 Å². The van der Waals surface area contributed by atoms with Crippen molar-refractivity contribution in [2.24, 2.45) is 0 Å². The summed E-state index contributed by atoms with van der Waals surface area (Å²) in [5.74, 6) is 1.23. The van der Waals surface area contributed by atoms with E-state index in [1.165, 1.54) is 6.42 Å². The zero-order chi connectivity index (χ0) is 14.7. The molecule has 1 saturated heterocycles. The van der Waals surface area contributed by atoms with Crippen LogP contribution in [-0.4, -0.2) is 28.3 Å². The van der Waals surface area contributed by atoms with Crippen LogP contribution < -0.4 is 10.2 Å². The van der Waals surface area contributed by atoms with E-state index in [2.05, 4.69) is 25.4 Å². The summed E-state index contributed by atoms with van der Waals surface area (Å²) in [6, 6.07) is 5.35. The van der Waals surface area contributed by atoms with Gasteiger partial charge in [0.15, 0.2) is 5.82 Å². The SMILES string of the molecule is Clc1cccc(Cl)c1Nc1cnnc(N2CCCCC2)n1. The van der Waals surface area contributed by atoms with Crippen LogP contribution in [0.2, 0.25) is 10.0 Å². The lowest BCUT2D eigenvalue weighted by molar-refractivity contribution is 0.565. The summed E-state index contributed by atoms with van der Waals surface area (Å²) in [6.45, 7) is 1.94. The van der Waals surface area contributed by atoms with Crippen molar-refractivity contribution in [3.8, 4) is 0 Å². The van der Waals surface area contributed by atoms with Crippen molar-refractivity contribution >= 4 is 40.7 Å². The highest BCUT2D eigenvalue weighted by Gasteiger charge is 2.15. The van der Waals surface area contributed by atoms with Gasteiger partial charge in [0.2, 0.25) is 5.95 Å². The third-order valence-corrected chi connectivity index (χ3v) is 4.03. The summed E-state index contributed by atoms with van der Waals surface area (Å²) in [6.07, 6.45) is 5.15. The van der Waals surface area contributed by atoms with Gasteiger partial charge in [-0.05, 0) is 31.4 Å². The molecule has 1 aliphatic heterocycles. The summed E-state index contributed by atoms with van der Waals surface area (Å²) in [5, 5.41) is 12.3. The molecular weight excluding hydrogens is 309 g/mol. The van der Waals surface area contributed by atoms with E-state index in [1.807, 2.05) is 0 Å². The monoisotopic (exact) mass is 323 g/mol. The molecule has 1 N–H and O–H groups in total. The maximum Gasteiger partial charge on any atom is 0.247 e. The second-order valence-electron chi connectivity index (χ2n) is 4.91. The first-order valence-electron chi connectivity index (χ1n) is 6.90. The summed E-state index contributed by atoms with van der Waals surface area (Å²) < 4.78 is 0. The maximum absolute atomic E-state index is 6.15. The second kappa shape index (κ2) is 6.45. The molecule has 21 heavy (non-hydrogen) atoms. The van der Waals surface area contributed by atoms with Crippen LogP contribution in [0.25, 0.3) is 0 Å². The van der Waals surface area contributed by atoms with Crippen LogP contribution in [0.15, 0.2) is 24.4 Å². The molecule has 0 atom stereocenters. The van der Waals surface area contributed by atoms with Crippen molar-refractivity contribution < 1.29 is 0 Å². The Hall–Kier alpha value is -1.59. The zero-order valence-corrected chi connectivity index (χ0v) is 12.9. The summed E-state index contributed by atoms with van der Waals surface area (Å²) >= 11 is 12.3. The Bertz CT molecular complexity index is 608. The third-order valence-electron chi connectivity index (χ3n) is 3.40. The lowest BCUT2D eigenvalue weighted by Crippen LogP contribution is -2.31. The van der Waals surface area contributed by atoms with Crippen LogP contribution in [0.5, 0.6) is 0 Å². The summed E-state index contributed by atoms with van der Waals surface area (Å²) in [4.78, 5) is 6.65. The quantitative estimate of drug-likeness (QED) is 0.927. The van der Waals surface area contributed by atoms with Gasteiger partial charge in [0.1, 0.15) is 0 Å². The van der Waals surface area contributed by atoms with E-state index in [0.29, 0.717) is 27.5 Å². The first kappa shape index (κ1) is 14.4. The molecule has 0 amide bonds. The molecule has 5 nitrogen and oxygen atoms in total. The van der Waals surface area contributed by atoms with Crippen molar-refractivity contribution in [3.05, 3.63) is 34.4 Å². The van der Waals surface area contributed by atoms with E-state index in [4.69, 9.17) is 23.2 Å². The lowest BCUT2D eigenvalue weighted by atomic mass is 10.1. The molecule has 0 bridgehead atoms. The van der Waals surface area contributed by atoms with Crippen LogP contribution in [0, 0.1) is 0 Å². The Kier molecular flexibility index (Phi) is 4.41. The predicted molar refractivity (Wildman–Crippen MR) is 85.6 cm³/mol. The number of nitrogens with zero attached hydrogens (tertiary/aromatic N) is 4. The normalized spacial score (nSPS) is 15.0. The molecule has 1 aliphatic rings. The van der Waals surface area contributed by atoms with E-state index in [1.54, 1.807) is 24.4 Å². The van der Waals surface area contributed by atoms with E-state index in [9.17, 15) is 0 Å². The molecule has 110 valence electrons. The van der Waals surface area contributed by atoms with Gasteiger partial charge in [0.25, 0.3) is 0 Å². The van der Waals surface area contributed by atoms with Crippen LogP contribution in [0.3, 0.4) is 0 Å². The Morgan fingerprint density at radius 2 is 1.76 bits per heavy atom. The average Bonchev–Trinajstić information content (AvgIpc) is 2.52. The number of hydrogen-bond acceptors (Lipinski definition) is 5. The molecular formula is C14H15Cl2N5. The molecule has 0 radical (unpaired) electrons. The molecule has 2 heterocycles. The number of aromatic nitrogens is 3. The van der Waals surface area contributed by atoms with E-state index in [-0.39, 0.29) is 0 Å². The van der Waals surface area contributed by atoms with Gasteiger partial charge in [-0.15, -0.1) is 5.10 Å². The smallest absolute Gasteiger partial charge is 0.247 e. The first-order valence-corrected chi connectivity index (χ1v) is 7.65. The Balaban J connectivity index is 1.83. The molecule has 0 spiro atoms. The molecule has 3 rings (SSSR count). The van der Waals surface area contributed by atoms with Gasteiger partial charge in [-0.2, -0.15) is 10.1 Å². The Morgan fingerprint density at radius 3 is 2.48 bits per heavy atom. The van der Waals surface area contributed by atoms with Crippen molar-refractivity contribution in [3.63, 3.8) is 0 Å². The third kappa shape index (κ3) is 3.36. The fraction of sp³-hybridized carbons (Fsp3) is 0.357. The molecule has 0 unspecified atom stereocenters. The van der Waals surface area contributed by atoms with Gasteiger partial charge in [0.05, 0.1) is 21.9 Å². The highest BCUT2D eigenvalue weighted by molar-refractivity contribution is 6.39. The number of halogens is 2. The highest BCUT2D eigenvalue weighted by atomic mass is 35.5. The van der Waals surface area contributed by atoms with E-state index >= 15 is 0 Å². The Labute approximate surface area is 133 Å². The number of rotatable bonds is 3. The summed E-state index contributed by atoms with van der Waals surface area (Å²) in [5.41, 5.74) is 0.630. The topological polar surface area (TPSA) is 53.9 Å². The number of hydrogen-bond donors (Lipinski definition) is 1. The van der Waals surface area contributed by atoms with Crippen molar-refractivity contribution in [2.75, 3.05) is 23.3 Å². The lowest BCUT2D eigenvalue weighted by Gasteiger charge is -2.26. The molecule has 1 aromatic carbocycles. The highest BCUT2D eigenvalue weighted by Crippen LogP contribution is 2.32. The van der Waals surface area contributed by atoms with Gasteiger partial charge < -0.3 is 10.2 Å². The fourth-order valence-corrected chi connectivity index (χ4v) is 2.82. The number of anilines is 3. The fourth-order valence-electron chi connectivity index (χ4n) is 2.33. The molecule has 1 fully saturated rings. The van der Waals surface area contributed by atoms with Gasteiger partial charge >= 0.3 is 0 Å². The average molecular weight is 324 g/mol. The van der Waals surface area contributed by atoms with Crippen molar-refractivity contribution in [2.45, 2.75) is 19.3 Å². The van der Waals surface area contributed by atoms with Crippen LogP contribution in [0.4, 0.5) is 17.5 Å². The number of nitrogens with one attached hydrogen (secondary N) is 1. The predicted octanol–water partition coefficient (Wildman–Crippen LogP) is 3.91. The Morgan fingerprint density at radius 1 is 1.05 bits per heavy atom. The minimum Gasteiger partial charge on any atom is -0.339 e. The first-order chi connectivity index (χ1) is 10.2. The van der Waals surface area contributed by atoms with Crippen LogP contribution >= 0.6 is 23.2 Å². The van der Waals surface area contributed by atoms with Gasteiger partial charge in [-0.25, -0.2) is 0 Å². The molecule has 0 saturated carbocycles. The minimum atomic E-state index is 0.542. The van der Waals surface area contributed by atoms with Crippen molar-refractivity contribution in [1.82, 2.24) is 15.2 Å². The van der Waals surface area contributed by atoms with Gasteiger partial charge in [-0.3, -0.25) is 0 Å². The number of benzene rings is 1. The number of piperidine rings is 1. The molecule has 1 aromatic heterocycles. The standard InChI is InChI=1S/C14H15Cl2N5/c15-10-5-4-6-11(16)13(10)18-12-9-17-20-14(19-12)21-7-2-1-3-8-21/h4-6,9H,1-3,7-8H2,(H,18,19,20). The van der Waals surface area contributed by atoms with Gasteiger partial charge in [-0.1, -0.05) is 29.3 Å². The van der Waals surface area contributed by atoms with Gasteiger partial charge in [0, 0.05) is 13.1 Å².